The van der Waals surface area contributed by atoms with E-state index < -0.39 is 0 Å². The van der Waals surface area contributed by atoms with Crippen LogP contribution < -0.4 is 0 Å². The van der Waals surface area contributed by atoms with Gasteiger partial charge in [0.2, 0.25) is 0 Å². The average molecular weight is 241 g/mol. The maximum atomic E-state index is 4.91. The Morgan fingerprint density at radius 3 is 2.92 bits per heavy atom. The zero-order chi connectivity index (χ0) is 9.52. The fourth-order valence-corrected chi connectivity index (χ4v) is 1.49. The van der Waals surface area contributed by atoms with Crippen LogP contribution in [0.4, 0.5) is 0 Å². The predicted octanol–water partition coefficient (Wildman–Crippen LogP) is 3.19. The van der Waals surface area contributed by atoms with Gasteiger partial charge in [-0.25, -0.2) is 0 Å². The summed E-state index contributed by atoms with van der Waals surface area (Å²) in [5, 5.41) is 0. The Morgan fingerprint density at radius 2 is 2.23 bits per heavy atom. The van der Waals surface area contributed by atoms with Gasteiger partial charge in [-0.05, 0) is 24.1 Å². The van der Waals surface area contributed by atoms with E-state index in [4.69, 9.17) is 4.74 Å². The molecule has 1 aromatic rings. The summed E-state index contributed by atoms with van der Waals surface area (Å²) in [4.78, 5) is 0. The van der Waals surface area contributed by atoms with Gasteiger partial charge in [0.25, 0.3) is 0 Å². The molecule has 13 heavy (non-hydrogen) atoms. The quantitative estimate of drug-likeness (QED) is 0.735. The van der Waals surface area contributed by atoms with Crippen LogP contribution in [0.5, 0.6) is 0 Å². The molecule has 70 valence electrons. The first-order valence-electron chi connectivity index (χ1n) is 4.21. The van der Waals surface area contributed by atoms with Gasteiger partial charge in [0.05, 0.1) is 6.61 Å². The van der Waals surface area contributed by atoms with Gasteiger partial charge in [0, 0.05) is 11.6 Å². The minimum atomic E-state index is 0.688. The van der Waals surface area contributed by atoms with Crippen molar-refractivity contribution in [2.24, 2.45) is 0 Å². The van der Waals surface area contributed by atoms with E-state index in [1.54, 1.807) is 7.11 Å². The summed E-state index contributed by atoms with van der Waals surface area (Å²) in [5.41, 5.74) is 1.31. The summed E-state index contributed by atoms with van der Waals surface area (Å²) in [6, 6.07) is 8.31. The highest BCUT2D eigenvalue weighted by Gasteiger charge is 1.89. The Labute approximate surface area is 87.5 Å². The molecule has 0 amide bonds. The molecule has 0 bridgehead atoms. The van der Waals surface area contributed by atoms with E-state index in [1.165, 1.54) is 5.56 Å². The molecule has 0 aromatic heterocycles. The van der Waals surface area contributed by atoms with Crippen LogP contribution in [0.25, 0.3) is 0 Å². The minimum absolute atomic E-state index is 0.688. The summed E-state index contributed by atoms with van der Waals surface area (Å²) in [6.45, 7) is 0.688. The van der Waals surface area contributed by atoms with Crippen LogP contribution in [0.2, 0.25) is 0 Å². The van der Waals surface area contributed by atoms with Crippen molar-refractivity contribution in [1.29, 1.82) is 0 Å². The van der Waals surface area contributed by atoms with Gasteiger partial charge in [-0.1, -0.05) is 40.2 Å². The van der Waals surface area contributed by atoms with Gasteiger partial charge in [0.15, 0.2) is 0 Å². The third-order valence-corrected chi connectivity index (χ3v) is 2.17. The number of ether oxygens (including phenoxy) is 1. The third-order valence-electron chi connectivity index (χ3n) is 1.67. The minimum Gasteiger partial charge on any atom is -0.381 e. The van der Waals surface area contributed by atoms with Crippen LogP contribution in [0.1, 0.15) is 5.56 Å². The van der Waals surface area contributed by atoms with Gasteiger partial charge >= 0.3 is 0 Å². The van der Waals surface area contributed by atoms with Crippen molar-refractivity contribution in [3.63, 3.8) is 0 Å². The Kier molecular flexibility index (Phi) is 4.79. The maximum Gasteiger partial charge on any atom is 0.0643 e. The lowest BCUT2D eigenvalue weighted by atomic mass is 10.1. The molecular formula is C11H13BrO. The predicted molar refractivity (Wildman–Crippen MR) is 58.9 cm³/mol. The largest absolute Gasteiger partial charge is 0.381 e. The summed E-state index contributed by atoms with van der Waals surface area (Å²) in [5.74, 6) is 0. The smallest absolute Gasteiger partial charge is 0.0643 e. The Hall–Kier alpha value is -0.600. The van der Waals surface area contributed by atoms with Crippen molar-refractivity contribution < 1.29 is 4.74 Å². The normalized spacial score (nSPS) is 10.9. The molecule has 0 aliphatic rings. The van der Waals surface area contributed by atoms with Crippen LogP contribution >= 0.6 is 15.9 Å². The number of methoxy groups -OCH3 is 1. The molecule has 0 radical (unpaired) electrons. The molecule has 1 nitrogen and oxygen atoms in total. The molecule has 1 aromatic carbocycles. The monoisotopic (exact) mass is 240 g/mol. The molecular weight excluding hydrogens is 228 g/mol. The number of allylic oxidation sites excluding steroid dienone is 1. The van der Waals surface area contributed by atoms with E-state index in [-0.39, 0.29) is 0 Å². The molecule has 1 rings (SSSR count). The van der Waals surface area contributed by atoms with E-state index in [0.29, 0.717) is 6.61 Å². The number of benzene rings is 1. The van der Waals surface area contributed by atoms with Crippen molar-refractivity contribution in [3.8, 4) is 0 Å². The fourth-order valence-electron chi connectivity index (χ4n) is 1.05. The fraction of sp³-hybridized carbons (Fsp3) is 0.273. The molecule has 0 aliphatic carbocycles. The zero-order valence-corrected chi connectivity index (χ0v) is 9.25. The van der Waals surface area contributed by atoms with E-state index >= 15 is 0 Å². The van der Waals surface area contributed by atoms with Crippen LogP contribution in [0.3, 0.4) is 0 Å². The molecule has 0 fully saturated rings. The molecule has 0 N–H and O–H groups in total. The molecule has 2 heteroatoms. The van der Waals surface area contributed by atoms with Gasteiger partial charge in [-0.2, -0.15) is 0 Å². The van der Waals surface area contributed by atoms with Crippen LogP contribution in [-0.2, 0) is 11.2 Å². The number of rotatable bonds is 4. The lowest BCUT2D eigenvalue weighted by Crippen LogP contribution is -1.83. The molecule has 0 spiro atoms. The highest BCUT2D eigenvalue weighted by atomic mass is 79.9. The summed E-state index contributed by atoms with van der Waals surface area (Å²) in [6.07, 6.45) is 5.11. The summed E-state index contributed by atoms with van der Waals surface area (Å²) in [7, 11) is 1.70. The number of halogens is 1. The second kappa shape index (κ2) is 5.95. The third kappa shape index (κ3) is 4.25. The van der Waals surface area contributed by atoms with Gasteiger partial charge in [-0.3, -0.25) is 0 Å². The van der Waals surface area contributed by atoms with E-state index in [1.807, 2.05) is 18.2 Å². The van der Waals surface area contributed by atoms with Crippen molar-refractivity contribution in [2.75, 3.05) is 13.7 Å². The highest BCUT2D eigenvalue weighted by molar-refractivity contribution is 9.10. The highest BCUT2D eigenvalue weighted by Crippen LogP contribution is 2.12. The number of hydrogen-bond donors (Lipinski definition) is 0. The first kappa shape index (κ1) is 10.5. The lowest BCUT2D eigenvalue weighted by Gasteiger charge is -1.96. The second-order valence-corrected chi connectivity index (χ2v) is 3.68. The van der Waals surface area contributed by atoms with Crippen molar-refractivity contribution >= 4 is 15.9 Å². The molecule has 0 heterocycles. The van der Waals surface area contributed by atoms with Crippen LogP contribution in [-0.4, -0.2) is 13.7 Å². The van der Waals surface area contributed by atoms with Gasteiger partial charge in [-0.15, -0.1) is 0 Å². The number of hydrogen-bond acceptors (Lipinski definition) is 1. The zero-order valence-electron chi connectivity index (χ0n) is 7.66. The SMILES string of the molecule is COCC=CCc1cccc(Br)c1. The average Bonchev–Trinajstić information content (AvgIpc) is 2.13. The Morgan fingerprint density at radius 1 is 1.38 bits per heavy atom. The van der Waals surface area contributed by atoms with Crippen LogP contribution in [0.15, 0.2) is 40.9 Å². The lowest BCUT2D eigenvalue weighted by molar-refractivity contribution is 0.233. The van der Waals surface area contributed by atoms with Gasteiger partial charge < -0.3 is 4.74 Å². The van der Waals surface area contributed by atoms with Crippen molar-refractivity contribution in [1.82, 2.24) is 0 Å². The topological polar surface area (TPSA) is 9.23 Å². The first-order valence-corrected chi connectivity index (χ1v) is 5.00. The molecule has 0 saturated heterocycles. The summed E-state index contributed by atoms with van der Waals surface area (Å²) >= 11 is 3.44. The van der Waals surface area contributed by atoms with Crippen LogP contribution in [0, 0.1) is 0 Å². The Balaban J connectivity index is 2.45. The Bertz CT molecular complexity index is 281. The van der Waals surface area contributed by atoms with E-state index in [0.717, 1.165) is 10.9 Å². The second-order valence-electron chi connectivity index (χ2n) is 2.76. The first-order chi connectivity index (χ1) is 6.33. The molecule has 0 saturated carbocycles. The van der Waals surface area contributed by atoms with Crippen molar-refractivity contribution in [3.05, 3.63) is 46.5 Å². The maximum absolute atomic E-state index is 4.91. The van der Waals surface area contributed by atoms with Crippen molar-refractivity contribution in [2.45, 2.75) is 6.42 Å². The molecule has 0 unspecified atom stereocenters. The standard InChI is InChI=1S/C11H13BrO/c1-13-8-3-2-5-10-6-4-7-11(12)9-10/h2-4,6-7,9H,5,8H2,1H3. The summed E-state index contributed by atoms with van der Waals surface area (Å²) < 4.78 is 6.04. The van der Waals surface area contributed by atoms with E-state index in [9.17, 15) is 0 Å². The molecule has 0 atom stereocenters. The van der Waals surface area contributed by atoms with E-state index in [2.05, 4.69) is 34.1 Å². The molecule has 0 aliphatic heterocycles. The van der Waals surface area contributed by atoms with Gasteiger partial charge in [0.1, 0.15) is 0 Å².